The molecule has 0 saturated heterocycles. The molecule has 0 bridgehead atoms. The van der Waals surface area contributed by atoms with Crippen LogP contribution in [0.1, 0.15) is 13.3 Å². The Bertz CT molecular complexity index is 557. The van der Waals surface area contributed by atoms with Crippen molar-refractivity contribution in [3.05, 3.63) is 31.0 Å². The monoisotopic (exact) mass is 289 g/mol. The van der Waals surface area contributed by atoms with Crippen molar-refractivity contribution < 1.29 is 9.47 Å². The largest absolute Gasteiger partial charge is 0.378 e. The van der Waals surface area contributed by atoms with Crippen molar-refractivity contribution in [2.45, 2.75) is 31.6 Å². The van der Waals surface area contributed by atoms with Crippen LogP contribution in [0.3, 0.4) is 0 Å². The molecule has 0 radical (unpaired) electrons. The lowest BCUT2D eigenvalue weighted by molar-refractivity contribution is -0.118. The lowest BCUT2D eigenvalue weighted by Gasteiger charge is -2.43. The summed E-state index contributed by atoms with van der Waals surface area (Å²) in [5.41, 5.74) is 0.959. The van der Waals surface area contributed by atoms with Gasteiger partial charge in [0.05, 0.1) is 24.0 Å². The van der Waals surface area contributed by atoms with Gasteiger partial charge in [-0.25, -0.2) is 14.6 Å². The molecule has 3 unspecified atom stereocenters. The van der Waals surface area contributed by atoms with Gasteiger partial charge in [0.15, 0.2) is 5.82 Å². The smallest absolute Gasteiger partial charge is 0.155 e. The molecule has 1 saturated carbocycles. The molecule has 1 N–H and O–H groups in total. The summed E-state index contributed by atoms with van der Waals surface area (Å²) in [6, 6.07) is 4.13. The first-order chi connectivity index (χ1) is 10.3. The molecule has 7 nitrogen and oxygen atoms in total. The van der Waals surface area contributed by atoms with Crippen LogP contribution >= 0.6 is 0 Å². The molecule has 1 aliphatic rings. The van der Waals surface area contributed by atoms with Gasteiger partial charge in [-0.3, -0.25) is 0 Å². The van der Waals surface area contributed by atoms with Crippen molar-refractivity contribution >= 4 is 5.69 Å². The molecule has 2 heterocycles. The normalized spacial score (nSPS) is 24.6. The minimum atomic E-state index is 0.0833. The molecule has 0 aromatic carbocycles. The molecule has 3 atom stereocenters. The Morgan fingerprint density at radius 2 is 2.33 bits per heavy atom. The van der Waals surface area contributed by atoms with Crippen molar-refractivity contribution in [3.63, 3.8) is 0 Å². The highest BCUT2D eigenvalue weighted by molar-refractivity contribution is 5.45. The van der Waals surface area contributed by atoms with Gasteiger partial charge in [-0.05, 0) is 25.5 Å². The summed E-state index contributed by atoms with van der Waals surface area (Å²) < 4.78 is 12.7. The molecule has 0 spiro atoms. The van der Waals surface area contributed by atoms with Gasteiger partial charge in [0.2, 0.25) is 0 Å². The minimum absolute atomic E-state index is 0.0833. The first-order valence-electron chi connectivity index (χ1n) is 7.03. The summed E-state index contributed by atoms with van der Waals surface area (Å²) in [4.78, 5) is 8.27. The molecule has 7 heteroatoms. The Balaban J connectivity index is 1.61. The van der Waals surface area contributed by atoms with Crippen molar-refractivity contribution in [2.75, 3.05) is 19.0 Å². The van der Waals surface area contributed by atoms with Gasteiger partial charge in [0, 0.05) is 13.7 Å². The van der Waals surface area contributed by atoms with Crippen molar-refractivity contribution in [3.8, 4) is 5.82 Å². The van der Waals surface area contributed by atoms with Crippen LogP contribution in [0.4, 0.5) is 5.69 Å². The highest BCUT2D eigenvalue weighted by Crippen LogP contribution is 2.29. The summed E-state index contributed by atoms with van der Waals surface area (Å²) in [6.45, 7) is 2.71. The molecule has 0 aliphatic heterocycles. The van der Waals surface area contributed by atoms with Gasteiger partial charge in [0.25, 0.3) is 0 Å². The van der Waals surface area contributed by atoms with Crippen LogP contribution in [-0.2, 0) is 9.47 Å². The molecule has 0 amide bonds. The third-order valence-electron chi connectivity index (χ3n) is 3.66. The third-order valence-corrected chi connectivity index (χ3v) is 3.66. The number of methoxy groups -OCH3 is 1. The van der Waals surface area contributed by atoms with Crippen molar-refractivity contribution in [1.29, 1.82) is 0 Å². The average Bonchev–Trinajstić information content (AvgIpc) is 3.01. The number of rotatable bonds is 6. The van der Waals surface area contributed by atoms with E-state index in [1.165, 1.54) is 6.33 Å². The lowest BCUT2D eigenvalue weighted by Crippen LogP contribution is -2.56. The van der Waals surface area contributed by atoms with E-state index in [2.05, 4.69) is 20.4 Å². The van der Waals surface area contributed by atoms with Crippen LogP contribution < -0.4 is 5.32 Å². The molecular formula is C14H19N5O2. The summed E-state index contributed by atoms with van der Waals surface area (Å²) in [6.07, 6.45) is 6.10. The zero-order valence-corrected chi connectivity index (χ0v) is 12.1. The third kappa shape index (κ3) is 2.88. The van der Waals surface area contributed by atoms with Crippen LogP contribution in [-0.4, -0.2) is 51.7 Å². The quantitative estimate of drug-likeness (QED) is 0.863. The van der Waals surface area contributed by atoms with Crippen LogP contribution in [0.2, 0.25) is 0 Å². The second kappa shape index (κ2) is 6.19. The molecule has 2 aromatic rings. The summed E-state index contributed by atoms with van der Waals surface area (Å²) >= 11 is 0. The summed E-state index contributed by atoms with van der Waals surface area (Å²) in [5.74, 6) is 0.738. The number of pyridine rings is 1. The molecule has 21 heavy (non-hydrogen) atoms. The van der Waals surface area contributed by atoms with Gasteiger partial charge in [0.1, 0.15) is 18.8 Å². The highest BCUT2D eigenvalue weighted by atomic mass is 16.5. The van der Waals surface area contributed by atoms with E-state index in [0.29, 0.717) is 6.61 Å². The topological polar surface area (TPSA) is 74.1 Å². The Labute approximate surface area is 123 Å². The van der Waals surface area contributed by atoms with Crippen LogP contribution in [0.15, 0.2) is 31.0 Å². The van der Waals surface area contributed by atoms with Gasteiger partial charge in [-0.1, -0.05) is 0 Å². The maximum absolute atomic E-state index is 5.62. The number of nitrogens with one attached hydrogen (secondary N) is 1. The van der Waals surface area contributed by atoms with Gasteiger partial charge < -0.3 is 14.8 Å². The summed E-state index contributed by atoms with van der Waals surface area (Å²) in [5, 5.41) is 7.47. The molecule has 112 valence electrons. The van der Waals surface area contributed by atoms with E-state index in [-0.39, 0.29) is 18.2 Å². The van der Waals surface area contributed by atoms with Gasteiger partial charge >= 0.3 is 0 Å². The van der Waals surface area contributed by atoms with E-state index in [1.54, 1.807) is 24.3 Å². The molecule has 1 aliphatic carbocycles. The Morgan fingerprint density at radius 3 is 2.95 bits per heavy atom. The maximum Gasteiger partial charge on any atom is 0.155 e. The van der Waals surface area contributed by atoms with E-state index >= 15 is 0 Å². The fraction of sp³-hybridized carbons (Fsp3) is 0.500. The number of hydrogen-bond donors (Lipinski definition) is 1. The first-order valence-corrected chi connectivity index (χ1v) is 7.03. The predicted octanol–water partition coefficient (Wildman–Crippen LogP) is 1.27. The molecular weight excluding hydrogens is 270 g/mol. The van der Waals surface area contributed by atoms with Crippen molar-refractivity contribution in [1.82, 2.24) is 19.7 Å². The van der Waals surface area contributed by atoms with Gasteiger partial charge in [-0.2, -0.15) is 5.10 Å². The van der Waals surface area contributed by atoms with Crippen LogP contribution in [0, 0.1) is 0 Å². The average molecular weight is 289 g/mol. The van der Waals surface area contributed by atoms with Gasteiger partial charge in [-0.15, -0.1) is 0 Å². The second-order valence-corrected chi connectivity index (χ2v) is 4.93. The van der Waals surface area contributed by atoms with Crippen LogP contribution in [0.25, 0.3) is 5.82 Å². The second-order valence-electron chi connectivity index (χ2n) is 4.93. The Kier molecular flexibility index (Phi) is 4.12. The van der Waals surface area contributed by atoms with Crippen LogP contribution in [0.5, 0.6) is 0 Å². The van der Waals surface area contributed by atoms with E-state index in [4.69, 9.17) is 9.47 Å². The molecule has 1 fully saturated rings. The van der Waals surface area contributed by atoms with Crippen molar-refractivity contribution in [2.24, 2.45) is 0 Å². The van der Waals surface area contributed by atoms with E-state index in [0.717, 1.165) is 17.9 Å². The predicted molar refractivity (Wildman–Crippen MR) is 77.4 cm³/mol. The fourth-order valence-corrected chi connectivity index (χ4v) is 2.56. The van der Waals surface area contributed by atoms with E-state index < -0.39 is 0 Å². The molecule has 3 rings (SSSR count). The highest BCUT2D eigenvalue weighted by Gasteiger charge is 2.42. The summed E-state index contributed by atoms with van der Waals surface area (Å²) in [7, 11) is 1.72. The number of anilines is 1. The number of ether oxygens (including phenoxy) is 2. The van der Waals surface area contributed by atoms with E-state index in [9.17, 15) is 0 Å². The number of hydrogen-bond acceptors (Lipinski definition) is 6. The zero-order chi connectivity index (χ0) is 14.7. The lowest BCUT2D eigenvalue weighted by atomic mass is 9.85. The fourth-order valence-electron chi connectivity index (χ4n) is 2.56. The zero-order valence-electron chi connectivity index (χ0n) is 12.1. The minimum Gasteiger partial charge on any atom is -0.378 e. The maximum atomic E-state index is 5.62. The SMILES string of the molecule is CCOC1CC(Nc2ccc(-n3cncn3)nc2)C1OC. The molecule has 2 aromatic heterocycles. The standard InChI is InChI=1S/C14H19N5O2/c1-3-21-12-6-11(14(12)20-2)18-10-4-5-13(16-7-10)19-9-15-8-17-19/h4-5,7-9,11-12,14,18H,3,6H2,1-2H3. The number of aromatic nitrogens is 4. The van der Waals surface area contributed by atoms with E-state index in [1.807, 2.05) is 19.1 Å². The Morgan fingerprint density at radius 1 is 1.43 bits per heavy atom. The number of nitrogens with zero attached hydrogens (tertiary/aromatic N) is 4. The Hall–Kier alpha value is -1.99. The first kappa shape index (κ1) is 14.0.